The number of rotatable bonds is 2. The van der Waals surface area contributed by atoms with E-state index in [0.29, 0.717) is 0 Å². The van der Waals surface area contributed by atoms with Crippen molar-refractivity contribution >= 4 is 0 Å². The van der Waals surface area contributed by atoms with Crippen molar-refractivity contribution in [1.82, 2.24) is 0 Å². The molecule has 0 heterocycles. The average molecular weight is 305 g/mol. The maximum Gasteiger partial charge on any atom is -0.0357 e. The normalized spacial score (nSPS) is 50.7. The third kappa shape index (κ3) is 3.57. The van der Waals surface area contributed by atoms with E-state index in [9.17, 15) is 0 Å². The van der Waals surface area contributed by atoms with E-state index >= 15 is 0 Å². The van der Waals surface area contributed by atoms with E-state index in [1.807, 2.05) is 0 Å². The molecule has 0 aliphatic heterocycles. The summed E-state index contributed by atoms with van der Waals surface area (Å²) in [6.07, 6.45) is 15.4. The van der Waals surface area contributed by atoms with E-state index in [2.05, 4.69) is 27.7 Å². The molecular formula is C22H40. The van der Waals surface area contributed by atoms with Crippen LogP contribution in [0.4, 0.5) is 0 Å². The van der Waals surface area contributed by atoms with Crippen LogP contribution in [0.15, 0.2) is 0 Å². The first-order valence-corrected chi connectivity index (χ1v) is 10.6. The Balaban J connectivity index is 1.49. The molecular weight excluding hydrogens is 264 g/mol. The highest BCUT2D eigenvalue weighted by Gasteiger charge is 2.38. The van der Waals surface area contributed by atoms with E-state index < -0.39 is 0 Å². The third-order valence-corrected chi connectivity index (χ3v) is 8.51. The van der Waals surface area contributed by atoms with Crippen molar-refractivity contribution in [2.75, 3.05) is 0 Å². The van der Waals surface area contributed by atoms with Crippen molar-refractivity contribution in [2.45, 2.75) is 91.9 Å². The summed E-state index contributed by atoms with van der Waals surface area (Å²) >= 11 is 0. The van der Waals surface area contributed by atoms with E-state index in [1.165, 1.54) is 25.7 Å². The van der Waals surface area contributed by atoms with Crippen molar-refractivity contribution < 1.29 is 0 Å². The summed E-state index contributed by atoms with van der Waals surface area (Å²) in [6, 6.07) is 0. The maximum absolute atomic E-state index is 2.57. The molecule has 4 atom stereocenters. The lowest BCUT2D eigenvalue weighted by atomic mass is 9.60. The Morgan fingerprint density at radius 3 is 1.55 bits per heavy atom. The molecule has 0 spiro atoms. The molecule has 128 valence electrons. The van der Waals surface area contributed by atoms with Crippen LogP contribution in [-0.4, -0.2) is 0 Å². The predicted molar refractivity (Wildman–Crippen MR) is 96.8 cm³/mol. The summed E-state index contributed by atoms with van der Waals surface area (Å²) in [4.78, 5) is 0. The quantitative estimate of drug-likeness (QED) is 0.518. The summed E-state index contributed by atoms with van der Waals surface area (Å²) in [5.74, 6) is 8.23. The lowest BCUT2D eigenvalue weighted by Gasteiger charge is -2.45. The molecule has 0 saturated heterocycles. The second-order valence-corrected chi connectivity index (χ2v) is 9.63. The Hall–Kier alpha value is 0. The van der Waals surface area contributed by atoms with E-state index in [4.69, 9.17) is 0 Å². The summed E-state index contributed by atoms with van der Waals surface area (Å²) in [5.41, 5.74) is 0. The van der Waals surface area contributed by atoms with Gasteiger partial charge in [-0.05, 0) is 92.3 Å². The van der Waals surface area contributed by atoms with Gasteiger partial charge in [-0.2, -0.15) is 0 Å². The van der Waals surface area contributed by atoms with Crippen molar-refractivity contribution in [1.29, 1.82) is 0 Å². The number of hydrogen-bond donors (Lipinski definition) is 0. The Morgan fingerprint density at radius 2 is 0.955 bits per heavy atom. The summed E-state index contributed by atoms with van der Waals surface area (Å²) in [5, 5.41) is 0. The highest BCUT2D eigenvalue weighted by Crippen LogP contribution is 2.48. The van der Waals surface area contributed by atoms with Gasteiger partial charge < -0.3 is 0 Å². The van der Waals surface area contributed by atoms with Gasteiger partial charge in [-0.15, -0.1) is 0 Å². The minimum Gasteiger partial charge on any atom is -0.0625 e. The van der Waals surface area contributed by atoms with Gasteiger partial charge in [-0.1, -0.05) is 47.0 Å². The molecule has 3 saturated carbocycles. The summed E-state index contributed by atoms with van der Waals surface area (Å²) in [7, 11) is 0. The van der Waals surface area contributed by atoms with Crippen molar-refractivity contribution in [3.8, 4) is 0 Å². The molecule has 0 heteroatoms. The van der Waals surface area contributed by atoms with Crippen LogP contribution in [0.5, 0.6) is 0 Å². The molecule has 4 unspecified atom stereocenters. The molecule has 3 aliphatic carbocycles. The fraction of sp³-hybridized carbons (Fsp3) is 1.00. The smallest absolute Gasteiger partial charge is 0.0357 e. The average Bonchev–Trinajstić information content (AvgIpc) is 2.54. The Kier molecular flexibility index (Phi) is 5.56. The van der Waals surface area contributed by atoms with Crippen LogP contribution in [0.3, 0.4) is 0 Å². The molecule has 22 heavy (non-hydrogen) atoms. The third-order valence-electron chi connectivity index (χ3n) is 8.51. The van der Waals surface area contributed by atoms with E-state index in [-0.39, 0.29) is 0 Å². The summed E-state index contributed by atoms with van der Waals surface area (Å²) in [6.45, 7) is 10.0. The van der Waals surface area contributed by atoms with Gasteiger partial charge in [0.1, 0.15) is 0 Å². The Bertz CT molecular complexity index is 330. The van der Waals surface area contributed by atoms with Gasteiger partial charge in [0.2, 0.25) is 0 Å². The Morgan fingerprint density at radius 1 is 0.455 bits per heavy atom. The molecule has 0 aromatic carbocycles. The fourth-order valence-electron chi connectivity index (χ4n) is 6.36. The van der Waals surface area contributed by atoms with Gasteiger partial charge in [-0.25, -0.2) is 0 Å². The van der Waals surface area contributed by atoms with Gasteiger partial charge in [0.15, 0.2) is 0 Å². The molecule has 3 rings (SSSR count). The molecule has 0 bridgehead atoms. The van der Waals surface area contributed by atoms with Crippen LogP contribution < -0.4 is 0 Å². The summed E-state index contributed by atoms with van der Waals surface area (Å²) < 4.78 is 0. The first-order chi connectivity index (χ1) is 10.6. The standard InChI is InChI=1S/C22H40/c1-15-5-8-19(9-6-15)20-10-12-21(13-11-20)22-14-7-16(2)17(3)18(22)4/h15-22H,5-14H2,1-4H3. The minimum atomic E-state index is 0.955. The molecule has 3 aliphatic rings. The molecule has 0 N–H and O–H groups in total. The molecule has 0 radical (unpaired) electrons. The van der Waals surface area contributed by atoms with Crippen LogP contribution >= 0.6 is 0 Å². The topological polar surface area (TPSA) is 0 Å². The minimum absolute atomic E-state index is 0.955. The van der Waals surface area contributed by atoms with Crippen LogP contribution in [0.25, 0.3) is 0 Å². The monoisotopic (exact) mass is 304 g/mol. The zero-order valence-electron chi connectivity index (χ0n) is 15.7. The van der Waals surface area contributed by atoms with Crippen molar-refractivity contribution in [3.05, 3.63) is 0 Å². The fourth-order valence-corrected chi connectivity index (χ4v) is 6.36. The van der Waals surface area contributed by atoms with E-state index in [1.54, 1.807) is 38.5 Å². The van der Waals surface area contributed by atoms with Crippen LogP contribution in [0.1, 0.15) is 91.9 Å². The van der Waals surface area contributed by atoms with Crippen molar-refractivity contribution in [3.63, 3.8) is 0 Å². The molecule has 0 nitrogen and oxygen atoms in total. The van der Waals surface area contributed by atoms with Crippen molar-refractivity contribution in [2.24, 2.45) is 47.3 Å². The zero-order chi connectivity index (χ0) is 15.7. The highest BCUT2D eigenvalue weighted by molar-refractivity contribution is 4.89. The molecule has 3 fully saturated rings. The first kappa shape index (κ1) is 16.8. The second-order valence-electron chi connectivity index (χ2n) is 9.63. The zero-order valence-corrected chi connectivity index (χ0v) is 15.7. The van der Waals surface area contributed by atoms with Crippen LogP contribution in [-0.2, 0) is 0 Å². The highest BCUT2D eigenvalue weighted by atomic mass is 14.4. The van der Waals surface area contributed by atoms with Gasteiger partial charge in [0, 0.05) is 0 Å². The van der Waals surface area contributed by atoms with E-state index in [0.717, 1.165) is 47.3 Å². The lowest BCUT2D eigenvalue weighted by Crippen LogP contribution is -2.36. The Labute approximate surface area is 139 Å². The van der Waals surface area contributed by atoms with Crippen LogP contribution in [0.2, 0.25) is 0 Å². The predicted octanol–water partition coefficient (Wildman–Crippen LogP) is 6.94. The molecule has 0 amide bonds. The van der Waals surface area contributed by atoms with Crippen LogP contribution in [0, 0.1) is 47.3 Å². The SMILES string of the molecule is CC1CCC(C2CCC(C3CCC(C)C(C)C3C)CC2)CC1. The second kappa shape index (κ2) is 7.27. The maximum atomic E-state index is 2.57. The van der Waals surface area contributed by atoms with Gasteiger partial charge >= 0.3 is 0 Å². The number of hydrogen-bond acceptors (Lipinski definition) is 0. The van der Waals surface area contributed by atoms with Gasteiger partial charge in [-0.3, -0.25) is 0 Å². The largest absolute Gasteiger partial charge is 0.0625 e. The van der Waals surface area contributed by atoms with Gasteiger partial charge in [0.25, 0.3) is 0 Å². The molecule has 0 aromatic heterocycles. The van der Waals surface area contributed by atoms with Gasteiger partial charge in [0.05, 0.1) is 0 Å². The lowest BCUT2D eigenvalue weighted by molar-refractivity contribution is 0.0467. The first-order valence-electron chi connectivity index (χ1n) is 10.6. The molecule has 0 aromatic rings.